The Morgan fingerprint density at radius 2 is 1.57 bits per heavy atom. The van der Waals surface area contributed by atoms with Crippen LogP contribution in [0.1, 0.15) is 11.1 Å². The van der Waals surface area contributed by atoms with E-state index >= 15 is 0 Å². The maximum Gasteiger partial charge on any atom is 0.270 e. The fourth-order valence-corrected chi connectivity index (χ4v) is 5.79. The van der Waals surface area contributed by atoms with Gasteiger partial charge in [-0.1, -0.05) is 48.5 Å². The molecule has 0 aliphatic carbocycles. The third-order valence-corrected chi connectivity index (χ3v) is 7.94. The Balaban J connectivity index is 1.51. The van der Waals surface area contributed by atoms with Gasteiger partial charge in [-0.25, -0.2) is 22.3 Å². The fraction of sp³-hybridized carbons (Fsp3) is 0.0800. The molecule has 0 atom stereocenters. The van der Waals surface area contributed by atoms with E-state index in [-0.39, 0.29) is 39.5 Å². The van der Waals surface area contributed by atoms with Crippen LogP contribution in [-0.4, -0.2) is 40.8 Å². The number of benzene rings is 2. The predicted molar refractivity (Wildman–Crippen MR) is 133 cm³/mol. The van der Waals surface area contributed by atoms with E-state index in [4.69, 9.17) is 4.74 Å². The number of fused-ring (bicyclic) bond motifs is 1. The van der Waals surface area contributed by atoms with Crippen LogP contribution in [0.2, 0.25) is 0 Å². The van der Waals surface area contributed by atoms with Crippen LogP contribution in [0.3, 0.4) is 0 Å². The van der Waals surface area contributed by atoms with Crippen molar-refractivity contribution < 1.29 is 22.7 Å². The summed E-state index contributed by atoms with van der Waals surface area (Å²) in [6.45, 7) is -0.0201. The summed E-state index contributed by atoms with van der Waals surface area (Å²) in [6.07, 6.45) is 2.80. The van der Waals surface area contributed by atoms with Crippen LogP contribution in [0.4, 0.5) is 0 Å². The molecule has 0 bridgehead atoms. The first-order chi connectivity index (χ1) is 16.9. The minimum Gasteiger partial charge on any atom is -0.356 e. The molecule has 0 radical (unpaired) electrons. The molecule has 176 valence electrons. The van der Waals surface area contributed by atoms with Crippen molar-refractivity contribution in [1.29, 1.82) is 0 Å². The molecule has 0 spiro atoms. The lowest BCUT2D eigenvalue weighted by atomic mass is 10.1. The van der Waals surface area contributed by atoms with Gasteiger partial charge in [0.15, 0.2) is 5.65 Å². The molecule has 8 nitrogen and oxygen atoms in total. The van der Waals surface area contributed by atoms with Crippen molar-refractivity contribution >= 4 is 54.4 Å². The van der Waals surface area contributed by atoms with E-state index < -0.39 is 21.8 Å². The number of carbonyl (C=O) groups is 2. The normalized spacial score (nSPS) is 14.4. The van der Waals surface area contributed by atoms with Gasteiger partial charge in [0, 0.05) is 23.3 Å². The first-order valence-electron chi connectivity index (χ1n) is 10.5. The lowest BCUT2D eigenvalue weighted by Gasteiger charge is -2.15. The molecule has 35 heavy (non-hydrogen) atoms. The second kappa shape index (κ2) is 9.21. The van der Waals surface area contributed by atoms with Gasteiger partial charge in [-0.3, -0.25) is 9.59 Å². The number of pyridine rings is 1. The van der Waals surface area contributed by atoms with Crippen molar-refractivity contribution in [3.8, 4) is 0 Å². The van der Waals surface area contributed by atoms with Gasteiger partial charge in [0.2, 0.25) is 0 Å². The zero-order valence-electron chi connectivity index (χ0n) is 18.2. The minimum atomic E-state index is -4.00. The highest BCUT2D eigenvalue weighted by molar-refractivity contribution is 9.12. The monoisotopic (exact) mass is 551 g/mol. The fourth-order valence-electron chi connectivity index (χ4n) is 3.85. The van der Waals surface area contributed by atoms with E-state index in [0.29, 0.717) is 5.39 Å². The van der Waals surface area contributed by atoms with Crippen LogP contribution in [0.25, 0.3) is 16.6 Å². The highest BCUT2D eigenvalue weighted by atomic mass is 79.9. The Hall–Kier alpha value is -3.60. The van der Waals surface area contributed by atoms with Crippen LogP contribution < -0.4 is 0 Å². The number of halogens is 1. The molecule has 0 saturated carbocycles. The topological polar surface area (TPSA) is 98.6 Å². The quantitative estimate of drug-likeness (QED) is 0.323. The summed E-state index contributed by atoms with van der Waals surface area (Å²) in [4.78, 5) is 31.5. The van der Waals surface area contributed by atoms with E-state index in [1.54, 1.807) is 30.3 Å². The molecular formula is C25H18BrN3O5S. The average Bonchev–Trinajstić information content (AvgIpc) is 3.36. The van der Waals surface area contributed by atoms with Crippen molar-refractivity contribution in [2.75, 3.05) is 6.73 Å². The van der Waals surface area contributed by atoms with Crippen molar-refractivity contribution in [3.05, 3.63) is 101 Å². The molecule has 4 aromatic rings. The number of imide groups is 1. The highest BCUT2D eigenvalue weighted by Gasteiger charge is 2.39. The van der Waals surface area contributed by atoms with Gasteiger partial charge in [-0.2, -0.15) is 0 Å². The van der Waals surface area contributed by atoms with Gasteiger partial charge >= 0.3 is 0 Å². The SMILES string of the molecule is O=C1C(Br)=C(c2cn(S(=O)(=O)c3ccccc3)c3ncccc23)C(=O)N1COCc1ccccc1. The lowest BCUT2D eigenvalue weighted by molar-refractivity contribution is -0.143. The molecule has 1 aliphatic rings. The third kappa shape index (κ3) is 4.09. The van der Waals surface area contributed by atoms with E-state index in [0.717, 1.165) is 14.4 Å². The number of hydrogen-bond donors (Lipinski definition) is 0. The molecule has 2 aromatic heterocycles. The van der Waals surface area contributed by atoms with E-state index in [1.165, 1.54) is 24.5 Å². The molecule has 0 saturated heterocycles. The number of hydrogen-bond acceptors (Lipinski definition) is 6. The number of aromatic nitrogens is 2. The van der Waals surface area contributed by atoms with Crippen LogP contribution in [0, 0.1) is 0 Å². The van der Waals surface area contributed by atoms with E-state index in [9.17, 15) is 18.0 Å². The van der Waals surface area contributed by atoms with Gasteiger partial charge in [-0.05, 0) is 45.8 Å². The zero-order chi connectivity index (χ0) is 24.6. The maximum atomic E-state index is 13.4. The van der Waals surface area contributed by atoms with E-state index in [2.05, 4.69) is 20.9 Å². The zero-order valence-corrected chi connectivity index (χ0v) is 20.6. The molecule has 1 aliphatic heterocycles. The molecule has 5 rings (SSSR count). The highest BCUT2D eigenvalue weighted by Crippen LogP contribution is 2.37. The van der Waals surface area contributed by atoms with Gasteiger partial charge < -0.3 is 4.74 Å². The van der Waals surface area contributed by atoms with Gasteiger partial charge in [0.1, 0.15) is 6.73 Å². The molecule has 2 amide bonds. The van der Waals surface area contributed by atoms with Gasteiger partial charge in [-0.15, -0.1) is 0 Å². The standard InChI is InChI=1S/C25H18BrN3O5S/c26-22-21(24(30)28(25(22)31)16-34-15-17-8-3-1-4-9-17)20-14-29(23-19(20)12-7-13-27-23)35(32,33)18-10-5-2-6-11-18/h1-14H,15-16H2. The summed E-state index contributed by atoms with van der Waals surface area (Å²) < 4.78 is 33.4. The smallest absolute Gasteiger partial charge is 0.270 e. The number of carbonyl (C=O) groups excluding carboxylic acids is 2. The summed E-state index contributed by atoms with van der Waals surface area (Å²) in [5, 5.41) is 0.423. The van der Waals surface area contributed by atoms with Crippen molar-refractivity contribution in [3.63, 3.8) is 0 Å². The van der Waals surface area contributed by atoms with Crippen LogP contribution in [0.15, 0.2) is 94.6 Å². The van der Waals surface area contributed by atoms with Crippen molar-refractivity contribution in [2.45, 2.75) is 11.5 Å². The predicted octanol–water partition coefficient (Wildman–Crippen LogP) is 3.92. The molecule has 3 heterocycles. The Kier molecular flexibility index (Phi) is 6.10. The minimum absolute atomic E-state index is 0.0332. The number of ether oxygens (including phenoxy) is 1. The Morgan fingerprint density at radius 3 is 2.29 bits per heavy atom. The molecule has 0 unspecified atom stereocenters. The summed E-state index contributed by atoms with van der Waals surface area (Å²) in [6, 6.07) is 20.6. The number of rotatable bonds is 7. The maximum absolute atomic E-state index is 13.4. The Bertz CT molecular complexity index is 1580. The first kappa shape index (κ1) is 23.2. The molecule has 10 heteroatoms. The second-order valence-corrected chi connectivity index (χ2v) is 10.3. The van der Waals surface area contributed by atoms with Gasteiger partial charge in [0.25, 0.3) is 21.8 Å². The second-order valence-electron chi connectivity index (χ2n) is 7.72. The number of amides is 2. The van der Waals surface area contributed by atoms with Gasteiger partial charge in [0.05, 0.1) is 21.6 Å². The molecule has 0 fully saturated rings. The van der Waals surface area contributed by atoms with Crippen LogP contribution >= 0.6 is 15.9 Å². The third-order valence-electron chi connectivity index (χ3n) is 5.54. The Morgan fingerprint density at radius 1 is 0.886 bits per heavy atom. The van der Waals surface area contributed by atoms with Crippen LogP contribution in [0.5, 0.6) is 0 Å². The summed E-state index contributed by atoms with van der Waals surface area (Å²) in [5.74, 6) is -1.15. The van der Waals surface area contributed by atoms with E-state index in [1.807, 2.05) is 30.3 Å². The molecule has 2 aromatic carbocycles. The van der Waals surface area contributed by atoms with Crippen molar-refractivity contribution in [1.82, 2.24) is 13.9 Å². The number of nitrogens with zero attached hydrogens (tertiary/aromatic N) is 3. The van der Waals surface area contributed by atoms with Crippen molar-refractivity contribution in [2.24, 2.45) is 0 Å². The first-order valence-corrected chi connectivity index (χ1v) is 12.8. The van der Waals surface area contributed by atoms with Crippen LogP contribution in [-0.2, 0) is 31.0 Å². The summed E-state index contributed by atoms with van der Waals surface area (Å²) >= 11 is 3.25. The summed E-state index contributed by atoms with van der Waals surface area (Å²) in [7, 11) is -4.00. The average molecular weight is 552 g/mol. The molecular weight excluding hydrogens is 534 g/mol. The largest absolute Gasteiger partial charge is 0.356 e. The Labute approximate surface area is 209 Å². The molecule has 0 N–H and O–H groups in total. The summed E-state index contributed by atoms with van der Waals surface area (Å²) in [5.41, 5.74) is 1.39. The lowest BCUT2D eigenvalue weighted by Crippen LogP contribution is -2.33.